The van der Waals surface area contributed by atoms with Gasteiger partial charge in [-0.15, -0.1) is 0 Å². The quantitative estimate of drug-likeness (QED) is 0.871. The monoisotopic (exact) mass is 277 g/mol. The number of ether oxygens (including phenoxy) is 1. The topological polar surface area (TPSA) is 75.6 Å². The van der Waals surface area contributed by atoms with Gasteiger partial charge in [-0.25, -0.2) is 9.59 Å². The summed E-state index contributed by atoms with van der Waals surface area (Å²) in [6, 6.07) is 4.86. The van der Waals surface area contributed by atoms with Crippen molar-refractivity contribution in [3.8, 4) is 0 Å². The largest absolute Gasteiger partial charge is 0.478 e. The fourth-order valence-electron chi connectivity index (χ4n) is 2.34. The van der Waals surface area contributed by atoms with E-state index in [0.717, 1.165) is 24.0 Å². The molecule has 0 bridgehead atoms. The molecule has 0 aromatic heterocycles. The van der Waals surface area contributed by atoms with Crippen LogP contribution in [0.15, 0.2) is 18.2 Å². The molecule has 2 N–H and O–H groups in total. The highest BCUT2D eigenvalue weighted by Gasteiger charge is 2.27. The van der Waals surface area contributed by atoms with E-state index in [1.807, 2.05) is 6.07 Å². The SMILES string of the molecule is CC(C)(C)OC(=O)N[C@H]1CCc2ccc(C(=O)O)cc21. The number of rotatable bonds is 2. The lowest BCUT2D eigenvalue weighted by molar-refractivity contribution is 0.0503. The molecule has 1 atom stereocenters. The molecule has 1 aromatic carbocycles. The number of alkyl carbamates (subject to hydrolysis) is 1. The van der Waals surface area contributed by atoms with E-state index in [1.54, 1.807) is 32.9 Å². The molecule has 0 saturated heterocycles. The standard InChI is InChI=1S/C15H19NO4/c1-15(2,3)20-14(19)16-12-7-6-9-4-5-10(13(17)18)8-11(9)12/h4-5,8,12H,6-7H2,1-3H3,(H,16,19)(H,17,18)/t12-/m0/s1. The van der Waals surface area contributed by atoms with E-state index in [9.17, 15) is 9.59 Å². The summed E-state index contributed by atoms with van der Waals surface area (Å²) >= 11 is 0. The number of hydrogen-bond acceptors (Lipinski definition) is 3. The first kappa shape index (κ1) is 14.4. The van der Waals surface area contributed by atoms with Crippen molar-refractivity contribution in [1.82, 2.24) is 5.32 Å². The zero-order chi connectivity index (χ0) is 14.9. The summed E-state index contributed by atoms with van der Waals surface area (Å²) < 4.78 is 5.23. The van der Waals surface area contributed by atoms with Crippen molar-refractivity contribution in [2.24, 2.45) is 0 Å². The van der Waals surface area contributed by atoms with Crippen LogP contribution in [0.4, 0.5) is 4.79 Å². The lowest BCUT2D eigenvalue weighted by Crippen LogP contribution is -2.34. The molecule has 0 aliphatic heterocycles. The summed E-state index contributed by atoms with van der Waals surface area (Å²) in [7, 11) is 0. The number of aryl methyl sites for hydroxylation is 1. The zero-order valence-corrected chi connectivity index (χ0v) is 11.9. The third kappa shape index (κ3) is 3.29. The van der Waals surface area contributed by atoms with Gasteiger partial charge in [-0.2, -0.15) is 0 Å². The maximum Gasteiger partial charge on any atom is 0.408 e. The Balaban J connectivity index is 2.13. The van der Waals surface area contributed by atoms with Crippen LogP contribution in [-0.4, -0.2) is 22.8 Å². The van der Waals surface area contributed by atoms with Gasteiger partial charge in [-0.1, -0.05) is 6.07 Å². The van der Waals surface area contributed by atoms with Crippen LogP contribution in [0.2, 0.25) is 0 Å². The van der Waals surface area contributed by atoms with Crippen molar-refractivity contribution in [2.45, 2.75) is 45.3 Å². The smallest absolute Gasteiger partial charge is 0.408 e. The summed E-state index contributed by atoms with van der Waals surface area (Å²) in [5.74, 6) is -0.962. The van der Waals surface area contributed by atoms with E-state index >= 15 is 0 Å². The van der Waals surface area contributed by atoms with Gasteiger partial charge in [-0.3, -0.25) is 0 Å². The van der Waals surface area contributed by atoms with Crippen LogP contribution in [0, 0.1) is 0 Å². The van der Waals surface area contributed by atoms with Crippen molar-refractivity contribution in [3.63, 3.8) is 0 Å². The van der Waals surface area contributed by atoms with Crippen molar-refractivity contribution >= 4 is 12.1 Å². The minimum absolute atomic E-state index is 0.181. The highest BCUT2D eigenvalue weighted by atomic mass is 16.6. The number of carbonyl (C=O) groups is 2. The third-order valence-electron chi connectivity index (χ3n) is 3.16. The lowest BCUT2D eigenvalue weighted by Gasteiger charge is -2.22. The molecule has 2 rings (SSSR count). The van der Waals surface area contributed by atoms with Gasteiger partial charge in [0.1, 0.15) is 5.60 Å². The second-order valence-electron chi connectivity index (χ2n) is 5.96. The lowest BCUT2D eigenvalue weighted by atomic mass is 10.0. The first-order valence-electron chi connectivity index (χ1n) is 6.62. The van der Waals surface area contributed by atoms with Crippen LogP contribution in [0.1, 0.15) is 54.7 Å². The molecule has 0 radical (unpaired) electrons. The summed E-state index contributed by atoms with van der Waals surface area (Å²) in [5.41, 5.74) is 1.64. The first-order chi connectivity index (χ1) is 9.26. The number of hydrogen-bond donors (Lipinski definition) is 2. The summed E-state index contributed by atoms with van der Waals surface area (Å²) in [6.45, 7) is 5.41. The second-order valence-corrected chi connectivity index (χ2v) is 5.96. The minimum atomic E-state index is -0.962. The van der Waals surface area contributed by atoms with Crippen LogP contribution >= 0.6 is 0 Å². The van der Waals surface area contributed by atoms with E-state index in [2.05, 4.69) is 5.32 Å². The van der Waals surface area contributed by atoms with Crippen molar-refractivity contribution in [3.05, 3.63) is 34.9 Å². The van der Waals surface area contributed by atoms with Crippen molar-refractivity contribution in [1.29, 1.82) is 0 Å². The Morgan fingerprint density at radius 2 is 2.05 bits per heavy atom. The molecule has 5 nitrogen and oxygen atoms in total. The number of fused-ring (bicyclic) bond motifs is 1. The Bertz CT molecular complexity index is 545. The molecule has 20 heavy (non-hydrogen) atoms. The van der Waals surface area contributed by atoms with Gasteiger partial charge < -0.3 is 15.2 Å². The average Bonchev–Trinajstić information content (AvgIpc) is 2.69. The van der Waals surface area contributed by atoms with Gasteiger partial charge in [-0.05, 0) is 56.9 Å². The van der Waals surface area contributed by atoms with E-state index in [0.29, 0.717) is 0 Å². The van der Waals surface area contributed by atoms with Crippen molar-refractivity contribution < 1.29 is 19.4 Å². The number of carbonyl (C=O) groups excluding carboxylic acids is 1. The highest BCUT2D eigenvalue weighted by Crippen LogP contribution is 2.32. The normalized spacial score (nSPS) is 17.4. The van der Waals surface area contributed by atoms with E-state index in [-0.39, 0.29) is 11.6 Å². The van der Waals surface area contributed by atoms with Crippen molar-refractivity contribution in [2.75, 3.05) is 0 Å². The average molecular weight is 277 g/mol. The second kappa shape index (κ2) is 5.15. The molecule has 0 spiro atoms. The summed E-state index contributed by atoms with van der Waals surface area (Å²) in [5, 5.41) is 11.8. The fourth-order valence-corrected chi connectivity index (χ4v) is 2.34. The van der Waals surface area contributed by atoms with Crippen LogP contribution < -0.4 is 5.32 Å². The van der Waals surface area contributed by atoms with Crippen LogP contribution in [0.5, 0.6) is 0 Å². The molecule has 108 valence electrons. The van der Waals surface area contributed by atoms with E-state index in [4.69, 9.17) is 9.84 Å². The number of nitrogens with one attached hydrogen (secondary N) is 1. The number of amides is 1. The first-order valence-corrected chi connectivity index (χ1v) is 6.62. The molecule has 1 aromatic rings. The Hall–Kier alpha value is -2.04. The predicted octanol–water partition coefficient (Wildman–Crippen LogP) is 2.90. The van der Waals surface area contributed by atoms with Gasteiger partial charge in [0, 0.05) is 0 Å². The van der Waals surface area contributed by atoms with Crippen LogP contribution in [-0.2, 0) is 11.2 Å². The van der Waals surface area contributed by atoms with E-state index < -0.39 is 17.7 Å². The maximum atomic E-state index is 11.8. The molecule has 1 aliphatic rings. The van der Waals surface area contributed by atoms with Gasteiger partial charge in [0.2, 0.25) is 0 Å². The summed E-state index contributed by atoms with van der Waals surface area (Å²) in [6.07, 6.45) is 1.11. The van der Waals surface area contributed by atoms with Gasteiger partial charge in [0.25, 0.3) is 0 Å². The molecule has 1 aliphatic carbocycles. The Kier molecular flexibility index (Phi) is 3.70. The Morgan fingerprint density at radius 3 is 2.65 bits per heavy atom. The number of aromatic carboxylic acids is 1. The predicted molar refractivity (Wildman–Crippen MR) is 73.8 cm³/mol. The van der Waals surface area contributed by atoms with Crippen LogP contribution in [0.3, 0.4) is 0 Å². The fraction of sp³-hybridized carbons (Fsp3) is 0.467. The Labute approximate surface area is 117 Å². The van der Waals surface area contributed by atoms with E-state index in [1.165, 1.54) is 0 Å². The molecule has 0 unspecified atom stereocenters. The number of carboxylic acid groups (broad SMARTS) is 1. The molecular weight excluding hydrogens is 258 g/mol. The number of benzene rings is 1. The van der Waals surface area contributed by atoms with Gasteiger partial charge in [0.05, 0.1) is 11.6 Å². The number of carboxylic acids is 1. The third-order valence-corrected chi connectivity index (χ3v) is 3.16. The summed E-state index contributed by atoms with van der Waals surface area (Å²) in [4.78, 5) is 22.8. The molecule has 0 heterocycles. The highest BCUT2D eigenvalue weighted by molar-refractivity contribution is 5.88. The van der Waals surface area contributed by atoms with Crippen LogP contribution in [0.25, 0.3) is 0 Å². The Morgan fingerprint density at radius 1 is 1.35 bits per heavy atom. The van der Waals surface area contributed by atoms with Gasteiger partial charge >= 0.3 is 12.1 Å². The zero-order valence-electron chi connectivity index (χ0n) is 11.9. The molecule has 0 saturated carbocycles. The molecular formula is C15H19NO4. The van der Waals surface area contributed by atoms with Gasteiger partial charge in [0.15, 0.2) is 0 Å². The minimum Gasteiger partial charge on any atom is -0.478 e. The molecule has 5 heteroatoms. The maximum absolute atomic E-state index is 11.8. The molecule has 1 amide bonds. The molecule has 0 fully saturated rings.